The summed E-state index contributed by atoms with van der Waals surface area (Å²) in [6.45, 7) is 4.61. The summed E-state index contributed by atoms with van der Waals surface area (Å²) in [6.07, 6.45) is 7.06. The van der Waals surface area contributed by atoms with Crippen LogP contribution in [-0.4, -0.2) is 47.8 Å². The Morgan fingerprint density at radius 2 is 1.58 bits per heavy atom. The number of rotatable bonds is 5. The van der Waals surface area contributed by atoms with E-state index < -0.39 is 0 Å². The number of hydrogen-bond donors (Lipinski definition) is 0. The zero-order chi connectivity index (χ0) is 21.4. The third-order valence-electron chi connectivity index (χ3n) is 7.44. The molecule has 0 bridgehead atoms. The number of nitrogens with zero attached hydrogens (tertiary/aromatic N) is 2. The number of amides is 2. The summed E-state index contributed by atoms with van der Waals surface area (Å²) in [4.78, 5) is 29.6. The zero-order valence-electron chi connectivity index (χ0n) is 18.5. The van der Waals surface area contributed by atoms with Crippen molar-refractivity contribution in [1.29, 1.82) is 0 Å². The van der Waals surface area contributed by atoms with E-state index in [1.54, 1.807) is 0 Å². The van der Waals surface area contributed by atoms with Crippen molar-refractivity contribution in [3.63, 3.8) is 0 Å². The van der Waals surface area contributed by atoms with Crippen LogP contribution in [0.25, 0.3) is 11.1 Å². The van der Waals surface area contributed by atoms with E-state index in [1.165, 1.54) is 30.4 Å². The lowest BCUT2D eigenvalue weighted by atomic mass is 9.69. The summed E-state index contributed by atoms with van der Waals surface area (Å²) in [5.74, 6) is 1.22. The number of piperazine rings is 1. The Morgan fingerprint density at radius 3 is 2.19 bits per heavy atom. The van der Waals surface area contributed by atoms with Crippen molar-refractivity contribution in [1.82, 2.24) is 9.80 Å². The van der Waals surface area contributed by atoms with Crippen molar-refractivity contribution in [2.75, 3.05) is 26.2 Å². The largest absolute Gasteiger partial charge is 0.339 e. The molecule has 4 heteroatoms. The molecule has 1 heterocycles. The van der Waals surface area contributed by atoms with Crippen molar-refractivity contribution < 1.29 is 9.59 Å². The van der Waals surface area contributed by atoms with Crippen molar-refractivity contribution in [3.8, 4) is 11.1 Å². The molecule has 3 fully saturated rings. The SMILES string of the molecule is CC1(C(=O)N2CCN(C(=O)c3ccc(-c4cccc(CC5CC5)c4)cc3)CC2)CCC1. The van der Waals surface area contributed by atoms with Gasteiger partial charge in [-0.15, -0.1) is 0 Å². The van der Waals surface area contributed by atoms with Gasteiger partial charge in [-0.2, -0.15) is 0 Å². The Balaban J connectivity index is 1.20. The Labute approximate surface area is 185 Å². The molecule has 2 saturated carbocycles. The first-order chi connectivity index (χ1) is 15.0. The summed E-state index contributed by atoms with van der Waals surface area (Å²) < 4.78 is 0. The van der Waals surface area contributed by atoms with Gasteiger partial charge in [0, 0.05) is 37.2 Å². The molecular formula is C27H32N2O2. The van der Waals surface area contributed by atoms with Gasteiger partial charge in [-0.05, 0) is 66.8 Å². The second kappa shape index (κ2) is 8.14. The third-order valence-corrected chi connectivity index (χ3v) is 7.44. The molecule has 0 spiro atoms. The van der Waals surface area contributed by atoms with E-state index in [0.717, 1.165) is 36.3 Å². The predicted octanol–water partition coefficient (Wildman–Crippen LogP) is 4.78. The Bertz CT molecular complexity index is 965. The van der Waals surface area contributed by atoms with E-state index in [2.05, 4.69) is 43.3 Å². The van der Waals surface area contributed by atoms with Gasteiger partial charge in [-0.1, -0.05) is 49.7 Å². The highest BCUT2D eigenvalue weighted by atomic mass is 16.2. The summed E-state index contributed by atoms with van der Waals surface area (Å²) in [7, 11) is 0. The fraction of sp³-hybridized carbons (Fsp3) is 0.481. The molecule has 4 nitrogen and oxygen atoms in total. The highest BCUT2D eigenvalue weighted by molar-refractivity contribution is 5.95. The van der Waals surface area contributed by atoms with Crippen LogP contribution in [0.2, 0.25) is 0 Å². The topological polar surface area (TPSA) is 40.6 Å². The smallest absolute Gasteiger partial charge is 0.253 e. The van der Waals surface area contributed by atoms with Gasteiger partial charge in [-0.3, -0.25) is 9.59 Å². The average molecular weight is 417 g/mol. The number of benzene rings is 2. The highest BCUT2D eigenvalue weighted by Gasteiger charge is 2.42. The molecule has 1 saturated heterocycles. The average Bonchev–Trinajstić information content (AvgIpc) is 3.61. The molecule has 2 aliphatic carbocycles. The molecule has 1 aliphatic heterocycles. The first-order valence-corrected chi connectivity index (χ1v) is 11.8. The molecule has 0 aromatic heterocycles. The standard InChI is InChI=1S/C27H32N2O2/c1-27(12-3-13-27)26(31)29-16-14-28(15-17-29)25(30)23-10-8-22(9-11-23)24-5-2-4-21(19-24)18-20-6-7-20/h2,4-5,8-11,19-20H,3,6-7,12-18H2,1H3. The molecule has 2 aromatic carbocycles. The van der Waals surface area contributed by atoms with Crippen LogP contribution < -0.4 is 0 Å². The lowest BCUT2D eigenvalue weighted by molar-refractivity contribution is -0.147. The van der Waals surface area contributed by atoms with Crippen LogP contribution in [0.1, 0.15) is 54.9 Å². The van der Waals surface area contributed by atoms with E-state index in [-0.39, 0.29) is 17.2 Å². The molecule has 2 amide bonds. The summed E-state index contributed by atoms with van der Waals surface area (Å²) in [5.41, 5.74) is 4.34. The zero-order valence-corrected chi connectivity index (χ0v) is 18.5. The normalized spacial score (nSPS) is 20.3. The van der Waals surface area contributed by atoms with E-state index in [0.29, 0.717) is 26.2 Å². The lowest BCUT2D eigenvalue weighted by Crippen LogP contribution is -2.55. The molecule has 0 atom stereocenters. The fourth-order valence-electron chi connectivity index (χ4n) is 4.94. The van der Waals surface area contributed by atoms with E-state index >= 15 is 0 Å². The Kier molecular flexibility index (Phi) is 5.33. The second-order valence-corrected chi connectivity index (χ2v) is 9.92. The Hall–Kier alpha value is -2.62. The molecule has 2 aromatic rings. The first-order valence-electron chi connectivity index (χ1n) is 11.8. The maximum absolute atomic E-state index is 13.0. The number of carbonyl (C=O) groups is 2. The van der Waals surface area contributed by atoms with Gasteiger partial charge in [0.25, 0.3) is 5.91 Å². The molecule has 0 N–H and O–H groups in total. The minimum Gasteiger partial charge on any atom is -0.339 e. The van der Waals surface area contributed by atoms with Gasteiger partial charge < -0.3 is 9.80 Å². The van der Waals surface area contributed by atoms with Crippen molar-refractivity contribution in [3.05, 3.63) is 59.7 Å². The third kappa shape index (κ3) is 4.26. The van der Waals surface area contributed by atoms with Crippen LogP contribution in [0.5, 0.6) is 0 Å². The fourth-order valence-corrected chi connectivity index (χ4v) is 4.94. The number of carbonyl (C=O) groups excluding carboxylic acids is 2. The van der Waals surface area contributed by atoms with Crippen LogP contribution in [0.4, 0.5) is 0 Å². The van der Waals surface area contributed by atoms with Crippen molar-refractivity contribution >= 4 is 11.8 Å². The minimum absolute atomic E-state index is 0.0657. The second-order valence-electron chi connectivity index (χ2n) is 9.92. The van der Waals surface area contributed by atoms with Gasteiger partial charge in [0.2, 0.25) is 5.91 Å². The van der Waals surface area contributed by atoms with Crippen LogP contribution in [0.3, 0.4) is 0 Å². The number of hydrogen-bond acceptors (Lipinski definition) is 2. The van der Waals surface area contributed by atoms with Gasteiger partial charge in [0.1, 0.15) is 0 Å². The molecule has 162 valence electrons. The first kappa shape index (κ1) is 20.3. The van der Waals surface area contributed by atoms with Gasteiger partial charge in [0.15, 0.2) is 0 Å². The maximum Gasteiger partial charge on any atom is 0.253 e. The predicted molar refractivity (Wildman–Crippen MR) is 123 cm³/mol. The van der Waals surface area contributed by atoms with E-state index in [9.17, 15) is 9.59 Å². The van der Waals surface area contributed by atoms with Crippen LogP contribution in [-0.2, 0) is 11.2 Å². The van der Waals surface area contributed by atoms with Crippen molar-refractivity contribution in [2.45, 2.75) is 45.4 Å². The summed E-state index contributed by atoms with van der Waals surface area (Å²) in [5, 5.41) is 0. The molecule has 31 heavy (non-hydrogen) atoms. The van der Waals surface area contributed by atoms with Crippen molar-refractivity contribution in [2.24, 2.45) is 11.3 Å². The molecule has 3 aliphatic rings. The molecule has 5 rings (SSSR count). The summed E-state index contributed by atoms with van der Waals surface area (Å²) >= 11 is 0. The molecule has 0 radical (unpaired) electrons. The van der Waals surface area contributed by atoms with Gasteiger partial charge in [-0.25, -0.2) is 0 Å². The monoisotopic (exact) mass is 416 g/mol. The Morgan fingerprint density at radius 1 is 0.903 bits per heavy atom. The summed E-state index contributed by atoms with van der Waals surface area (Å²) in [6, 6.07) is 16.8. The van der Waals surface area contributed by atoms with Gasteiger partial charge >= 0.3 is 0 Å². The quantitative estimate of drug-likeness (QED) is 0.704. The molecule has 0 unspecified atom stereocenters. The highest BCUT2D eigenvalue weighted by Crippen LogP contribution is 2.42. The van der Waals surface area contributed by atoms with Crippen LogP contribution in [0.15, 0.2) is 48.5 Å². The van der Waals surface area contributed by atoms with Crippen LogP contribution >= 0.6 is 0 Å². The van der Waals surface area contributed by atoms with E-state index in [1.807, 2.05) is 21.9 Å². The van der Waals surface area contributed by atoms with Gasteiger partial charge in [0.05, 0.1) is 0 Å². The lowest BCUT2D eigenvalue weighted by Gasteiger charge is -2.43. The maximum atomic E-state index is 13.0. The minimum atomic E-state index is -0.155. The van der Waals surface area contributed by atoms with E-state index in [4.69, 9.17) is 0 Å². The van der Waals surface area contributed by atoms with Crippen LogP contribution in [0, 0.1) is 11.3 Å². The molecular weight excluding hydrogens is 384 g/mol.